The van der Waals surface area contributed by atoms with Crippen LogP contribution in [0.5, 0.6) is 0 Å². The minimum absolute atomic E-state index is 0.198. The van der Waals surface area contributed by atoms with Crippen LogP contribution in [0.15, 0.2) is 11.0 Å². The summed E-state index contributed by atoms with van der Waals surface area (Å²) in [5, 5.41) is 0. The topological polar surface area (TPSA) is 109 Å². The molecule has 0 aliphatic carbocycles. The number of nitrogens with two attached hydrogens (primary N) is 1. The summed E-state index contributed by atoms with van der Waals surface area (Å²) in [5.74, 6) is 0.198. The van der Waals surface area contributed by atoms with Gasteiger partial charge in [-0.25, -0.2) is 4.79 Å². The molecule has 1 aliphatic heterocycles. The summed E-state index contributed by atoms with van der Waals surface area (Å²) in [6, 6.07) is 0. The Labute approximate surface area is 133 Å². The van der Waals surface area contributed by atoms with E-state index in [0.717, 1.165) is 0 Å². The van der Waals surface area contributed by atoms with Gasteiger partial charge in [0.05, 0.1) is 12.2 Å². The van der Waals surface area contributed by atoms with Gasteiger partial charge in [-0.3, -0.25) is 4.57 Å². The van der Waals surface area contributed by atoms with Gasteiger partial charge in [0.1, 0.15) is 12.0 Å². The number of aromatic nitrogens is 2. The predicted octanol–water partition coefficient (Wildman–Crippen LogP) is 1.08. The molecule has 8 nitrogen and oxygen atoms in total. The number of ether oxygens (including phenoxy) is 1. The van der Waals surface area contributed by atoms with E-state index in [1.807, 2.05) is 6.92 Å². The van der Waals surface area contributed by atoms with Crippen molar-refractivity contribution in [2.24, 2.45) is 0 Å². The number of hydrogen-bond acceptors (Lipinski definition) is 7. The van der Waals surface area contributed by atoms with E-state index < -0.39 is 24.7 Å². The number of rotatable bonds is 5. The maximum Gasteiger partial charge on any atom is 0.351 e. The van der Waals surface area contributed by atoms with Crippen molar-refractivity contribution in [1.82, 2.24) is 9.55 Å². The molecule has 4 atom stereocenters. The van der Waals surface area contributed by atoms with Gasteiger partial charge >= 0.3 is 12.4 Å². The highest BCUT2D eigenvalue weighted by atomic mass is 32.5. The molecule has 1 aromatic rings. The van der Waals surface area contributed by atoms with E-state index in [9.17, 15) is 9.69 Å². The fourth-order valence-electron chi connectivity index (χ4n) is 2.34. The van der Waals surface area contributed by atoms with Gasteiger partial charge in [-0.15, -0.1) is 0 Å². The average Bonchev–Trinajstić information content (AvgIpc) is 2.84. The van der Waals surface area contributed by atoms with E-state index in [-0.39, 0.29) is 11.9 Å². The largest absolute Gasteiger partial charge is 0.383 e. The number of nitrogen functional groups attached to an aromatic ring is 1. The summed E-state index contributed by atoms with van der Waals surface area (Å²) in [7, 11) is 1.30. The maximum absolute atomic E-state index is 12.0. The monoisotopic (exact) mass is 349 g/mol. The molecule has 0 spiro atoms. The van der Waals surface area contributed by atoms with Gasteiger partial charge in [0.25, 0.3) is 0 Å². The molecule has 1 unspecified atom stereocenters. The van der Waals surface area contributed by atoms with E-state index in [1.165, 1.54) is 11.7 Å². The number of hydrogen-bond donors (Lipinski definition) is 2. The normalized spacial score (nSPS) is 27.7. The smallest absolute Gasteiger partial charge is 0.351 e. The molecule has 124 valence electrons. The van der Waals surface area contributed by atoms with Crippen molar-refractivity contribution in [3.05, 3.63) is 22.2 Å². The van der Waals surface area contributed by atoms with Gasteiger partial charge in [-0.2, -0.15) is 4.98 Å². The van der Waals surface area contributed by atoms with Gasteiger partial charge in [-0.05, 0) is 25.2 Å². The highest BCUT2D eigenvalue weighted by Gasteiger charge is 2.39. The second-order valence-corrected chi connectivity index (χ2v) is 7.96. The molecule has 1 aromatic heterocycles. The minimum atomic E-state index is -3.29. The van der Waals surface area contributed by atoms with Crippen LogP contribution in [-0.2, 0) is 25.6 Å². The molecule has 0 radical (unpaired) electrons. The standard InChI is InChI=1S/C12H20N3O5PS/c1-4-8-9(20-21(17,22)18-3)5-10(19-8)15-6-7(2)11(13)14-12(15)16/h6,8-10H,4-5H2,1-3H3,(H,17,22)(H2,13,14,16)/t8-,9-,10-,21?/m1/s1. The van der Waals surface area contributed by atoms with E-state index in [1.54, 1.807) is 13.1 Å². The van der Waals surface area contributed by atoms with Crippen LogP contribution in [0.3, 0.4) is 0 Å². The minimum Gasteiger partial charge on any atom is -0.383 e. The van der Waals surface area contributed by atoms with E-state index >= 15 is 0 Å². The quantitative estimate of drug-likeness (QED) is 0.760. The third-order valence-electron chi connectivity index (χ3n) is 3.57. The Balaban J connectivity index is 2.24. The lowest BCUT2D eigenvalue weighted by molar-refractivity contribution is -0.0199. The lowest BCUT2D eigenvalue weighted by Crippen LogP contribution is -2.28. The zero-order valence-electron chi connectivity index (χ0n) is 12.6. The van der Waals surface area contributed by atoms with Gasteiger partial charge in [-0.1, -0.05) is 6.92 Å². The van der Waals surface area contributed by atoms with Gasteiger partial charge in [0, 0.05) is 25.3 Å². The molecule has 2 rings (SSSR count). The summed E-state index contributed by atoms with van der Waals surface area (Å²) >= 11 is 4.87. The Bertz CT molecular complexity index is 652. The summed E-state index contributed by atoms with van der Waals surface area (Å²) < 4.78 is 17.5. The van der Waals surface area contributed by atoms with Crippen molar-refractivity contribution in [1.29, 1.82) is 0 Å². The summed E-state index contributed by atoms with van der Waals surface area (Å²) in [5.41, 5.74) is 5.82. The predicted molar refractivity (Wildman–Crippen MR) is 84.9 cm³/mol. The molecular formula is C12H20N3O5PS. The molecule has 3 N–H and O–H groups in total. The van der Waals surface area contributed by atoms with Crippen molar-refractivity contribution < 1.29 is 18.7 Å². The van der Waals surface area contributed by atoms with Crippen molar-refractivity contribution in [2.75, 3.05) is 12.8 Å². The maximum atomic E-state index is 12.0. The van der Waals surface area contributed by atoms with Crippen LogP contribution in [0.1, 0.15) is 31.6 Å². The fourth-order valence-corrected chi connectivity index (χ4v) is 3.33. The first-order valence-electron chi connectivity index (χ1n) is 6.85. The molecular weight excluding hydrogens is 329 g/mol. The van der Waals surface area contributed by atoms with Gasteiger partial charge < -0.3 is 24.4 Å². The molecule has 10 heteroatoms. The molecule has 0 saturated carbocycles. The average molecular weight is 349 g/mol. The second-order valence-electron chi connectivity index (χ2n) is 5.07. The first-order chi connectivity index (χ1) is 10.3. The third-order valence-corrected chi connectivity index (χ3v) is 5.27. The van der Waals surface area contributed by atoms with Crippen LogP contribution in [0.2, 0.25) is 0 Å². The second kappa shape index (κ2) is 6.74. The Morgan fingerprint density at radius 2 is 2.36 bits per heavy atom. The van der Waals surface area contributed by atoms with Crippen LogP contribution in [0.25, 0.3) is 0 Å². The van der Waals surface area contributed by atoms with E-state index in [4.69, 9.17) is 31.3 Å². The van der Waals surface area contributed by atoms with Crippen molar-refractivity contribution in [2.45, 2.75) is 45.1 Å². The fraction of sp³-hybridized carbons (Fsp3) is 0.667. The SMILES string of the molecule is CC[C@H]1O[C@@H](n2cc(C)c(N)nc2=O)C[C@H]1OP(O)(=S)OC. The van der Waals surface area contributed by atoms with E-state index in [2.05, 4.69) is 4.98 Å². The molecule has 22 heavy (non-hydrogen) atoms. The van der Waals surface area contributed by atoms with Crippen LogP contribution < -0.4 is 11.4 Å². The van der Waals surface area contributed by atoms with Crippen LogP contribution >= 0.6 is 6.72 Å². The first kappa shape index (κ1) is 17.5. The molecule has 1 saturated heterocycles. The van der Waals surface area contributed by atoms with Crippen LogP contribution in [-0.4, -0.2) is 33.8 Å². The Morgan fingerprint density at radius 1 is 1.68 bits per heavy atom. The molecule has 1 fully saturated rings. The third kappa shape index (κ3) is 3.73. The van der Waals surface area contributed by atoms with Crippen LogP contribution in [0.4, 0.5) is 5.82 Å². The van der Waals surface area contributed by atoms with Gasteiger partial charge in [0.2, 0.25) is 0 Å². The summed E-state index contributed by atoms with van der Waals surface area (Å²) in [6.07, 6.45) is 1.34. The molecule has 0 bridgehead atoms. The van der Waals surface area contributed by atoms with Crippen LogP contribution in [0, 0.1) is 6.92 Å². The lowest BCUT2D eigenvalue weighted by Gasteiger charge is -2.21. The molecule has 1 aliphatic rings. The van der Waals surface area contributed by atoms with Crippen molar-refractivity contribution >= 4 is 24.3 Å². The summed E-state index contributed by atoms with van der Waals surface area (Å²) in [4.78, 5) is 25.6. The molecule has 0 amide bonds. The Kier molecular flexibility index (Phi) is 5.37. The van der Waals surface area contributed by atoms with Crippen molar-refractivity contribution in [3.63, 3.8) is 0 Å². The number of nitrogens with zero attached hydrogens (tertiary/aromatic N) is 2. The number of aryl methyl sites for hydroxylation is 1. The molecule has 0 aromatic carbocycles. The zero-order valence-corrected chi connectivity index (χ0v) is 14.3. The Hall–Kier alpha value is -0.830. The summed E-state index contributed by atoms with van der Waals surface area (Å²) in [6.45, 7) is 0.394. The first-order valence-corrected chi connectivity index (χ1v) is 9.44. The van der Waals surface area contributed by atoms with Crippen molar-refractivity contribution in [3.8, 4) is 0 Å². The number of anilines is 1. The van der Waals surface area contributed by atoms with Gasteiger partial charge in [0.15, 0.2) is 0 Å². The molecule has 2 heterocycles. The zero-order chi connectivity index (χ0) is 16.5. The van der Waals surface area contributed by atoms with E-state index in [0.29, 0.717) is 18.4 Å². The Morgan fingerprint density at radius 3 is 2.95 bits per heavy atom. The lowest BCUT2D eigenvalue weighted by atomic mass is 10.1. The highest BCUT2D eigenvalue weighted by molar-refractivity contribution is 8.07. The highest BCUT2D eigenvalue weighted by Crippen LogP contribution is 2.48.